The molecule has 1 atom stereocenters. The van der Waals surface area contributed by atoms with Gasteiger partial charge in [-0.3, -0.25) is 9.59 Å². The number of nitrogens with zero attached hydrogens (tertiary/aromatic N) is 1. The van der Waals surface area contributed by atoms with Crippen molar-refractivity contribution in [1.29, 1.82) is 0 Å². The van der Waals surface area contributed by atoms with E-state index in [4.69, 9.17) is 5.11 Å². The molecule has 0 bridgehead atoms. The third-order valence-corrected chi connectivity index (χ3v) is 4.09. The largest absolute Gasteiger partial charge is 0.480 e. The summed E-state index contributed by atoms with van der Waals surface area (Å²) in [5.41, 5.74) is 0. The number of carboxylic acid groups (broad SMARTS) is 1. The third-order valence-electron chi connectivity index (χ3n) is 4.09. The summed E-state index contributed by atoms with van der Waals surface area (Å²) in [4.78, 5) is 36.0. The second-order valence-corrected chi connectivity index (χ2v) is 5.83. The predicted molar refractivity (Wildman–Crippen MR) is 82.5 cm³/mol. The summed E-state index contributed by atoms with van der Waals surface area (Å²) in [5, 5.41) is 14.3. The first-order valence-corrected chi connectivity index (χ1v) is 7.99. The molecular formula is C15H27N3O4. The zero-order valence-electron chi connectivity index (χ0n) is 13.4. The monoisotopic (exact) mass is 313 g/mol. The lowest BCUT2D eigenvalue weighted by molar-refractivity contribution is -0.145. The molecule has 1 aliphatic carbocycles. The van der Waals surface area contributed by atoms with Gasteiger partial charge in [0.1, 0.15) is 6.54 Å². The van der Waals surface area contributed by atoms with Crippen molar-refractivity contribution < 1.29 is 19.5 Å². The lowest BCUT2D eigenvalue weighted by atomic mass is 9.96. The summed E-state index contributed by atoms with van der Waals surface area (Å²) in [6, 6.07) is -0.361. The molecule has 3 amide bonds. The van der Waals surface area contributed by atoms with Crippen LogP contribution in [0.15, 0.2) is 0 Å². The number of carbonyl (C=O) groups is 3. The second kappa shape index (κ2) is 9.27. The van der Waals surface area contributed by atoms with E-state index in [9.17, 15) is 14.4 Å². The minimum Gasteiger partial charge on any atom is -0.480 e. The molecule has 126 valence electrons. The van der Waals surface area contributed by atoms with Gasteiger partial charge in [-0.25, -0.2) is 4.79 Å². The van der Waals surface area contributed by atoms with E-state index in [0.717, 1.165) is 25.7 Å². The maximum atomic E-state index is 12.1. The first kappa shape index (κ1) is 18.3. The molecule has 0 aliphatic heterocycles. The Morgan fingerprint density at radius 3 is 2.41 bits per heavy atom. The number of urea groups is 1. The topological polar surface area (TPSA) is 98.7 Å². The fourth-order valence-corrected chi connectivity index (χ4v) is 2.60. The Balaban J connectivity index is 2.40. The van der Waals surface area contributed by atoms with Crippen molar-refractivity contribution >= 4 is 17.9 Å². The summed E-state index contributed by atoms with van der Waals surface area (Å²) in [7, 11) is 0. The first-order valence-electron chi connectivity index (χ1n) is 7.99. The average molecular weight is 313 g/mol. The van der Waals surface area contributed by atoms with E-state index in [1.807, 2.05) is 6.92 Å². The quantitative estimate of drug-likeness (QED) is 0.660. The number of rotatable bonds is 7. The van der Waals surface area contributed by atoms with Gasteiger partial charge >= 0.3 is 12.0 Å². The summed E-state index contributed by atoms with van der Waals surface area (Å²) < 4.78 is 0. The Morgan fingerprint density at radius 2 is 1.86 bits per heavy atom. The fourth-order valence-electron chi connectivity index (χ4n) is 2.60. The van der Waals surface area contributed by atoms with Gasteiger partial charge in [0.05, 0.1) is 6.54 Å². The van der Waals surface area contributed by atoms with E-state index in [1.54, 1.807) is 6.92 Å². The van der Waals surface area contributed by atoms with Gasteiger partial charge in [-0.15, -0.1) is 0 Å². The summed E-state index contributed by atoms with van der Waals surface area (Å²) >= 11 is 0. The molecular weight excluding hydrogens is 286 g/mol. The Hall–Kier alpha value is -1.79. The van der Waals surface area contributed by atoms with E-state index in [-0.39, 0.29) is 37.1 Å². The zero-order chi connectivity index (χ0) is 16.5. The molecule has 1 aliphatic rings. The van der Waals surface area contributed by atoms with Crippen molar-refractivity contribution in [2.75, 3.05) is 13.1 Å². The predicted octanol–water partition coefficient (Wildman–Crippen LogP) is 1.33. The molecule has 0 aromatic rings. The normalized spacial score (nSPS) is 16.6. The Labute approximate surface area is 131 Å². The standard InChI is InChI=1S/C15H27N3O4/c1-3-11(2)18(10-14(20)21)13(19)9-16-15(22)17-12-7-5-4-6-8-12/h11-12H,3-10H2,1-2H3,(H,20,21)(H2,16,17,22). The van der Waals surface area contributed by atoms with Gasteiger partial charge in [-0.05, 0) is 26.2 Å². The van der Waals surface area contributed by atoms with Gasteiger partial charge in [-0.1, -0.05) is 26.2 Å². The Bertz CT molecular complexity index is 394. The van der Waals surface area contributed by atoms with E-state index in [1.165, 1.54) is 11.3 Å². The Kier molecular flexibility index (Phi) is 7.70. The smallest absolute Gasteiger partial charge is 0.323 e. The highest BCUT2D eigenvalue weighted by molar-refractivity contribution is 5.86. The highest BCUT2D eigenvalue weighted by atomic mass is 16.4. The maximum Gasteiger partial charge on any atom is 0.323 e. The number of amides is 3. The molecule has 1 saturated carbocycles. The summed E-state index contributed by atoms with van der Waals surface area (Å²) in [6.07, 6.45) is 6.04. The molecule has 7 heteroatoms. The molecule has 0 saturated heterocycles. The summed E-state index contributed by atoms with van der Waals surface area (Å²) in [5.74, 6) is -1.43. The molecule has 0 radical (unpaired) electrons. The molecule has 1 rings (SSSR count). The highest BCUT2D eigenvalue weighted by Gasteiger charge is 2.22. The van der Waals surface area contributed by atoms with Crippen molar-refractivity contribution in [3.8, 4) is 0 Å². The number of hydrogen-bond donors (Lipinski definition) is 3. The van der Waals surface area contributed by atoms with Gasteiger partial charge in [-0.2, -0.15) is 0 Å². The van der Waals surface area contributed by atoms with Crippen LogP contribution in [-0.2, 0) is 9.59 Å². The van der Waals surface area contributed by atoms with Crippen LogP contribution in [0.25, 0.3) is 0 Å². The molecule has 0 aromatic heterocycles. The molecule has 1 fully saturated rings. The van der Waals surface area contributed by atoms with Crippen molar-refractivity contribution in [3.63, 3.8) is 0 Å². The molecule has 0 aromatic carbocycles. The lowest BCUT2D eigenvalue weighted by Gasteiger charge is -2.27. The number of aliphatic carboxylic acids is 1. The van der Waals surface area contributed by atoms with E-state index >= 15 is 0 Å². The second-order valence-electron chi connectivity index (χ2n) is 5.83. The molecule has 7 nitrogen and oxygen atoms in total. The van der Waals surface area contributed by atoms with Crippen LogP contribution in [0, 0.1) is 0 Å². The van der Waals surface area contributed by atoms with Crippen LogP contribution in [0.2, 0.25) is 0 Å². The average Bonchev–Trinajstić information content (AvgIpc) is 2.50. The van der Waals surface area contributed by atoms with Crippen LogP contribution >= 0.6 is 0 Å². The maximum absolute atomic E-state index is 12.1. The fraction of sp³-hybridized carbons (Fsp3) is 0.800. The van der Waals surface area contributed by atoms with Crippen molar-refractivity contribution in [1.82, 2.24) is 15.5 Å². The van der Waals surface area contributed by atoms with Crippen LogP contribution in [0.4, 0.5) is 4.79 Å². The molecule has 22 heavy (non-hydrogen) atoms. The van der Waals surface area contributed by atoms with Gasteiger partial charge in [0, 0.05) is 12.1 Å². The number of hydrogen-bond acceptors (Lipinski definition) is 3. The third kappa shape index (κ3) is 6.32. The van der Waals surface area contributed by atoms with Gasteiger partial charge in [0.2, 0.25) is 5.91 Å². The lowest BCUT2D eigenvalue weighted by Crippen LogP contribution is -2.49. The van der Waals surface area contributed by atoms with Gasteiger partial charge in [0.15, 0.2) is 0 Å². The number of carbonyl (C=O) groups excluding carboxylic acids is 2. The summed E-state index contributed by atoms with van der Waals surface area (Å²) in [6.45, 7) is 3.15. The molecule has 3 N–H and O–H groups in total. The van der Waals surface area contributed by atoms with Crippen LogP contribution in [0.5, 0.6) is 0 Å². The molecule has 0 heterocycles. The van der Waals surface area contributed by atoms with Crippen LogP contribution in [0.1, 0.15) is 52.4 Å². The zero-order valence-corrected chi connectivity index (χ0v) is 13.4. The number of carboxylic acids is 1. The van der Waals surface area contributed by atoms with Crippen LogP contribution in [0.3, 0.4) is 0 Å². The minimum absolute atomic E-state index is 0.174. The minimum atomic E-state index is -1.06. The van der Waals surface area contributed by atoms with Gasteiger partial charge < -0.3 is 20.6 Å². The highest BCUT2D eigenvalue weighted by Crippen LogP contribution is 2.17. The van der Waals surface area contributed by atoms with Crippen LogP contribution in [-0.4, -0.2) is 53.1 Å². The van der Waals surface area contributed by atoms with E-state index in [0.29, 0.717) is 6.42 Å². The molecule has 0 spiro atoms. The SMILES string of the molecule is CCC(C)N(CC(=O)O)C(=O)CNC(=O)NC1CCCCC1. The van der Waals surface area contributed by atoms with Gasteiger partial charge in [0.25, 0.3) is 0 Å². The van der Waals surface area contributed by atoms with Crippen LogP contribution < -0.4 is 10.6 Å². The van der Waals surface area contributed by atoms with Crippen molar-refractivity contribution in [3.05, 3.63) is 0 Å². The van der Waals surface area contributed by atoms with E-state index in [2.05, 4.69) is 10.6 Å². The first-order chi connectivity index (χ1) is 10.4. The number of nitrogens with one attached hydrogen (secondary N) is 2. The molecule has 1 unspecified atom stereocenters. The van der Waals surface area contributed by atoms with Crippen molar-refractivity contribution in [2.24, 2.45) is 0 Å². The Morgan fingerprint density at radius 1 is 1.23 bits per heavy atom. The van der Waals surface area contributed by atoms with E-state index < -0.39 is 5.97 Å². The van der Waals surface area contributed by atoms with Crippen molar-refractivity contribution in [2.45, 2.75) is 64.5 Å².